The van der Waals surface area contributed by atoms with Crippen LogP contribution in [-0.4, -0.2) is 21.7 Å². The van der Waals surface area contributed by atoms with Crippen LogP contribution < -0.4 is 10.7 Å². The maximum Gasteiger partial charge on any atom is 0.241 e. The summed E-state index contributed by atoms with van der Waals surface area (Å²) in [7, 11) is 0. The van der Waals surface area contributed by atoms with Crippen molar-refractivity contribution >= 4 is 16.8 Å². The minimum atomic E-state index is -0.144. The summed E-state index contributed by atoms with van der Waals surface area (Å²) in [4.78, 5) is 24.0. The standard InChI is InChI=1S/C18H19N3O3/c1-13(8-9-14-5-4-10-24-14)20-18(23)12-21-16-7-3-2-6-15(16)17(22)11-19-21/h2-7,10-11,13H,8-9,12H2,1H3,(H,20,23). The topological polar surface area (TPSA) is 77.1 Å². The molecule has 0 saturated heterocycles. The van der Waals surface area contributed by atoms with Crippen LogP contribution in [0.4, 0.5) is 0 Å². The monoisotopic (exact) mass is 325 g/mol. The molecule has 124 valence electrons. The zero-order valence-electron chi connectivity index (χ0n) is 13.4. The Balaban J connectivity index is 1.62. The molecule has 24 heavy (non-hydrogen) atoms. The molecule has 0 bridgehead atoms. The number of para-hydroxylation sites is 1. The van der Waals surface area contributed by atoms with Crippen molar-refractivity contribution in [2.45, 2.75) is 32.4 Å². The molecule has 6 nitrogen and oxygen atoms in total. The molecule has 1 N–H and O–H groups in total. The third-order valence-electron chi connectivity index (χ3n) is 3.87. The molecule has 2 aromatic heterocycles. The molecule has 6 heteroatoms. The quantitative estimate of drug-likeness (QED) is 0.753. The highest BCUT2D eigenvalue weighted by Gasteiger charge is 2.11. The fourth-order valence-corrected chi connectivity index (χ4v) is 2.63. The van der Waals surface area contributed by atoms with E-state index in [2.05, 4.69) is 10.4 Å². The molecule has 0 aliphatic carbocycles. The van der Waals surface area contributed by atoms with Crippen LogP contribution >= 0.6 is 0 Å². The maximum absolute atomic E-state index is 12.2. The summed E-state index contributed by atoms with van der Waals surface area (Å²) in [6.45, 7) is 2.03. The first-order chi connectivity index (χ1) is 11.6. The fraction of sp³-hybridized carbons (Fsp3) is 0.278. The van der Waals surface area contributed by atoms with Gasteiger partial charge in [0.25, 0.3) is 0 Å². The van der Waals surface area contributed by atoms with Crippen molar-refractivity contribution in [1.29, 1.82) is 0 Å². The molecule has 0 saturated carbocycles. The molecule has 1 aromatic carbocycles. The maximum atomic E-state index is 12.2. The number of nitrogens with one attached hydrogen (secondary N) is 1. The van der Waals surface area contributed by atoms with E-state index in [1.807, 2.05) is 25.1 Å². The van der Waals surface area contributed by atoms with Gasteiger partial charge in [-0.2, -0.15) is 5.10 Å². The van der Waals surface area contributed by atoms with Crippen molar-refractivity contribution in [3.63, 3.8) is 0 Å². The molecule has 1 amide bonds. The van der Waals surface area contributed by atoms with Crippen molar-refractivity contribution < 1.29 is 9.21 Å². The molecule has 0 aliphatic heterocycles. The summed E-state index contributed by atoms with van der Waals surface area (Å²) in [5, 5.41) is 7.58. The van der Waals surface area contributed by atoms with E-state index in [0.29, 0.717) is 10.9 Å². The smallest absolute Gasteiger partial charge is 0.241 e. The van der Waals surface area contributed by atoms with E-state index < -0.39 is 0 Å². The first-order valence-corrected chi connectivity index (χ1v) is 7.90. The molecule has 3 aromatic rings. The lowest BCUT2D eigenvalue weighted by Gasteiger charge is -2.14. The highest BCUT2D eigenvalue weighted by Crippen LogP contribution is 2.08. The van der Waals surface area contributed by atoms with E-state index in [1.165, 1.54) is 6.20 Å². The molecule has 2 heterocycles. The van der Waals surface area contributed by atoms with Gasteiger partial charge in [0.2, 0.25) is 11.3 Å². The highest BCUT2D eigenvalue weighted by molar-refractivity contribution is 5.81. The molecule has 0 fully saturated rings. The minimum Gasteiger partial charge on any atom is -0.469 e. The average Bonchev–Trinajstić information content (AvgIpc) is 3.09. The number of aryl methyl sites for hydroxylation is 1. The second-order valence-corrected chi connectivity index (χ2v) is 5.77. The second kappa shape index (κ2) is 7.12. The van der Waals surface area contributed by atoms with Crippen molar-refractivity contribution in [2.75, 3.05) is 0 Å². The van der Waals surface area contributed by atoms with Crippen LogP contribution in [-0.2, 0) is 17.8 Å². The molecule has 1 unspecified atom stereocenters. The normalized spacial score (nSPS) is 12.2. The van der Waals surface area contributed by atoms with Gasteiger partial charge in [-0.05, 0) is 37.6 Å². The van der Waals surface area contributed by atoms with E-state index >= 15 is 0 Å². The van der Waals surface area contributed by atoms with E-state index in [9.17, 15) is 9.59 Å². The molecular formula is C18H19N3O3. The van der Waals surface area contributed by atoms with E-state index in [1.54, 1.807) is 29.1 Å². The van der Waals surface area contributed by atoms with Gasteiger partial charge in [-0.25, -0.2) is 0 Å². The Morgan fingerprint density at radius 2 is 2.12 bits per heavy atom. The number of furan rings is 1. The molecule has 3 rings (SSSR count). The number of carbonyl (C=O) groups excluding carboxylic acids is 1. The molecular weight excluding hydrogens is 306 g/mol. The Hall–Kier alpha value is -2.89. The van der Waals surface area contributed by atoms with Gasteiger partial charge in [-0.15, -0.1) is 0 Å². The Bertz CT molecular complexity index is 884. The van der Waals surface area contributed by atoms with Crippen LogP contribution in [0.3, 0.4) is 0 Å². The summed E-state index contributed by atoms with van der Waals surface area (Å²) in [5.74, 6) is 0.771. The number of rotatable bonds is 6. The SMILES string of the molecule is CC(CCc1ccco1)NC(=O)Cn1ncc(=O)c2ccccc21. The number of hydrogen-bond donors (Lipinski definition) is 1. The van der Waals surface area contributed by atoms with Crippen LogP contribution in [0.25, 0.3) is 10.9 Å². The summed E-state index contributed by atoms with van der Waals surface area (Å²) in [6.07, 6.45) is 4.45. The van der Waals surface area contributed by atoms with E-state index in [-0.39, 0.29) is 23.9 Å². The Kier molecular flexibility index (Phi) is 4.74. The van der Waals surface area contributed by atoms with Crippen LogP contribution in [0.2, 0.25) is 0 Å². The summed E-state index contributed by atoms with van der Waals surface area (Å²) < 4.78 is 6.83. The number of fused-ring (bicyclic) bond motifs is 1. The van der Waals surface area contributed by atoms with E-state index in [0.717, 1.165) is 18.6 Å². The van der Waals surface area contributed by atoms with Crippen LogP contribution in [0.5, 0.6) is 0 Å². The number of nitrogens with zero attached hydrogens (tertiary/aromatic N) is 2. The van der Waals surface area contributed by atoms with Crippen molar-refractivity contribution in [3.05, 3.63) is 64.8 Å². The number of amides is 1. The predicted molar refractivity (Wildman–Crippen MR) is 90.6 cm³/mol. The fourth-order valence-electron chi connectivity index (χ4n) is 2.63. The highest BCUT2D eigenvalue weighted by atomic mass is 16.3. The van der Waals surface area contributed by atoms with Gasteiger partial charge in [-0.3, -0.25) is 14.3 Å². The van der Waals surface area contributed by atoms with Crippen molar-refractivity contribution in [3.8, 4) is 0 Å². The first-order valence-electron chi connectivity index (χ1n) is 7.90. The molecule has 0 spiro atoms. The van der Waals surface area contributed by atoms with Gasteiger partial charge in [0.05, 0.1) is 18.0 Å². The Labute approximate surface area is 139 Å². The predicted octanol–water partition coefficient (Wildman–Crippen LogP) is 2.13. The third-order valence-corrected chi connectivity index (χ3v) is 3.87. The zero-order valence-corrected chi connectivity index (χ0v) is 13.4. The van der Waals surface area contributed by atoms with Gasteiger partial charge >= 0.3 is 0 Å². The average molecular weight is 325 g/mol. The Morgan fingerprint density at radius 1 is 1.29 bits per heavy atom. The zero-order chi connectivity index (χ0) is 16.9. The summed E-state index contributed by atoms with van der Waals surface area (Å²) in [6, 6.07) is 10.9. The van der Waals surface area contributed by atoms with Crippen molar-refractivity contribution in [2.24, 2.45) is 0 Å². The number of aromatic nitrogens is 2. The van der Waals surface area contributed by atoms with Crippen LogP contribution in [0.15, 0.2) is 58.1 Å². The second-order valence-electron chi connectivity index (χ2n) is 5.77. The minimum absolute atomic E-state index is 0.0215. The van der Waals surface area contributed by atoms with Crippen molar-refractivity contribution in [1.82, 2.24) is 15.1 Å². The van der Waals surface area contributed by atoms with Crippen LogP contribution in [0.1, 0.15) is 19.1 Å². The number of benzene rings is 1. The third kappa shape index (κ3) is 3.71. The van der Waals surface area contributed by atoms with Gasteiger partial charge < -0.3 is 9.73 Å². The van der Waals surface area contributed by atoms with Gasteiger partial charge in [-0.1, -0.05) is 12.1 Å². The molecule has 0 aliphatic rings. The number of carbonyl (C=O) groups is 1. The summed E-state index contributed by atoms with van der Waals surface area (Å²) >= 11 is 0. The van der Waals surface area contributed by atoms with E-state index in [4.69, 9.17) is 4.42 Å². The van der Waals surface area contributed by atoms with Gasteiger partial charge in [0.1, 0.15) is 12.3 Å². The lowest BCUT2D eigenvalue weighted by atomic mass is 10.1. The van der Waals surface area contributed by atoms with Gasteiger partial charge in [0.15, 0.2) is 0 Å². The lowest BCUT2D eigenvalue weighted by molar-refractivity contribution is -0.122. The molecule has 1 atom stereocenters. The van der Waals surface area contributed by atoms with Gasteiger partial charge in [0, 0.05) is 17.8 Å². The molecule has 0 radical (unpaired) electrons. The first kappa shape index (κ1) is 16.0. The lowest BCUT2D eigenvalue weighted by Crippen LogP contribution is -2.36. The Morgan fingerprint density at radius 3 is 2.92 bits per heavy atom. The largest absolute Gasteiger partial charge is 0.469 e. The summed E-state index contributed by atoms with van der Waals surface area (Å²) in [5.41, 5.74) is 0.512. The van der Waals surface area contributed by atoms with Crippen LogP contribution in [0, 0.1) is 0 Å². The number of hydrogen-bond acceptors (Lipinski definition) is 4.